The molecular formula is C26H31N7O4. The predicted molar refractivity (Wildman–Crippen MR) is 136 cm³/mol. The van der Waals surface area contributed by atoms with Crippen LogP contribution in [0.25, 0.3) is 5.65 Å². The maximum Gasteiger partial charge on any atom is 0.298 e. The lowest BCUT2D eigenvalue weighted by atomic mass is 9.57. The highest BCUT2D eigenvalue weighted by Gasteiger charge is 2.46. The van der Waals surface area contributed by atoms with E-state index < -0.39 is 5.91 Å². The second-order valence-electron chi connectivity index (χ2n) is 10.2. The van der Waals surface area contributed by atoms with Crippen LogP contribution in [0.5, 0.6) is 5.75 Å². The van der Waals surface area contributed by atoms with Gasteiger partial charge in [-0.1, -0.05) is 6.07 Å². The molecule has 3 aromatic rings. The molecule has 0 unspecified atom stereocenters. The lowest BCUT2D eigenvalue weighted by Crippen LogP contribution is -2.54. The quantitative estimate of drug-likeness (QED) is 0.322. The average molecular weight is 506 g/mol. The first-order valence-electron chi connectivity index (χ1n) is 12.4. The third-order valence-electron chi connectivity index (χ3n) is 7.85. The van der Waals surface area contributed by atoms with E-state index in [2.05, 4.69) is 26.0 Å². The van der Waals surface area contributed by atoms with Gasteiger partial charge in [-0.15, -0.1) is 0 Å². The predicted octanol–water partition coefficient (Wildman–Crippen LogP) is 2.02. The molecule has 6 rings (SSSR count). The Bertz CT molecular complexity index is 1330. The Morgan fingerprint density at radius 1 is 1.08 bits per heavy atom. The summed E-state index contributed by atoms with van der Waals surface area (Å²) >= 11 is 0. The van der Waals surface area contributed by atoms with Crippen molar-refractivity contribution in [2.24, 2.45) is 11.1 Å². The van der Waals surface area contributed by atoms with Crippen LogP contribution < -0.4 is 26.4 Å². The largest absolute Gasteiger partial charge is 0.427 e. The van der Waals surface area contributed by atoms with E-state index in [-0.39, 0.29) is 34.8 Å². The highest BCUT2D eigenvalue weighted by atomic mass is 16.5. The molecule has 3 aliphatic carbocycles. The molecule has 5 N–H and O–H groups in total. The lowest BCUT2D eigenvalue weighted by molar-refractivity contribution is -0.120. The number of nitrogens with two attached hydrogens (primary N) is 1. The van der Waals surface area contributed by atoms with E-state index in [0.29, 0.717) is 30.1 Å². The minimum Gasteiger partial charge on any atom is -0.427 e. The first kappa shape index (κ1) is 24.7. The molecule has 37 heavy (non-hydrogen) atoms. The first-order valence-corrected chi connectivity index (χ1v) is 12.4. The maximum atomic E-state index is 13.2. The highest BCUT2D eigenvalue weighted by Crippen LogP contribution is 2.50. The molecule has 11 nitrogen and oxygen atoms in total. The number of hydrogen-bond donors (Lipinski definition) is 4. The van der Waals surface area contributed by atoms with Crippen molar-refractivity contribution in [3.05, 3.63) is 53.5 Å². The summed E-state index contributed by atoms with van der Waals surface area (Å²) in [6.07, 6.45) is 7.58. The number of nitrogens with one attached hydrogen (secondary N) is 3. The van der Waals surface area contributed by atoms with Crippen molar-refractivity contribution >= 4 is 29.6 Å². The molecule has 11 heteroatoms. The summed E-state index contributed by atoms with van der Waals surface area (Å²) in [5, 5.41) is 13.1. The van der Waals surface area contributed by atoms with Crippen molar-refractivity contribution in [1.29, 1.82) is 0 Å². The van der Waals surface area contributed by atoms with Crippen LogP contribution in [0.2, 0.25) is 0 Å². The van der Waals surface area contributed by atoms with Crippen LogP contribution in [0.3, 0.4) is 0 Å². The lowest BCUT2D eigenvalue weighted by Gasteiger charge is -2.51. The van der Waals surface area contributed by atoms with E-state index in [1.807, 2.05) is 0 Å². The third kappa shape index (κ3) is 4.99. The number of nitrogens with zero attached hydrogens (tertiary/aromatic N) is 3. The summed E-state index contributed by atoms with van der Waals surface area (Å²) < 4.78 is 6.38. The van der Waals surface area contributed by atoms with Crippen molar-refractivity contribution in [1.82, 2.24) is 25.2 Å². The van der Waals surface area contributed by atoms with Crippen LogP contribution in [-0.4, -0.2) is 52.0 Å². The van der Waals surface area contributed by atoms with Crippen LogP contribution in [0, 0.1) is 5.41 Å². The van der Waals surface area contributed by atoms with E-state index in [1.54, 1.807) is 37.5 Å². The molecule has 0 spiro atoms. The van der Waals surface area contributed by atoms with E-state index >= 15 is 0 Å². The monoisotopic (exact) mass is 505 g/mol. The first-order chi connectivity index (χ1) is 17.8. The molecule has 0 aliphatic heterocycles. The number of carbonyl (C=O) groups is 3. The summed E-state index contributed by atoms with van der Waals surface area (Å²) in [6, 6.07) is 8.29. The Morgan fingerprint density at radius 2 is 1.84 bits per heavy atom. The number of ether oxygens (including phenoxy) is 1. The van der Waals surface area contributed by atoms with Gasteiger partial charge in [0, 0.05) is 37.8 Å². The van der Waals surface area contributed by atoms with E-state index in [0.717, 1.165) is 44.1 Å². The number of rotatable bonds is 9. The van der Waals surface area contributed by atoms with Gasteiger partial charge < -0.3 is 26.4 Å². The van der Waals surface area contributed by atoms with Crippen LogP contribution in [-0.2, 0) is 11.3 Å². The zero-order chi connectivity index (χ0) is 26.0. The Hall–Kier alpha value is -3.99. The fraction of sp³-hybridized carbons (Fsp3) is 0.423. The molecule has 194 valence electrons. The molecule has 2 amide bonds. The Morgan fingerprint density at radius 3 is 2.54 bits per heavy atom. The van der Waals surface area contributed by atoms with Crippen LogP contribution in [0.1, 0.15) is 65.1 Å². The van der Waals surface area contributed by atoms with E-state index in [4.69, 9.17) is 10.5 Å². The number of aromatic nitrogens is 3. The molecule has 2 heterocycles. The molecule has 3 aliphatic rings. The van der Waals surface area contributed by atoms with Crippen molar-refractivity contribution in [2.75, 3.05) is 18.9 Å². The molecule has 2 bridgehead atoms. The fourth-order valence-corrected chi connectivity index (χ4v) is 5.42. The molecule has 1 aromatic carbocycles. The second kappa shape index (κ2) is 9.81. The van der Waals surface area contributed by atoms with Crippen molar-refractivity contribution < 1.29 is 19.1 Å². The number of carbonyl (C=O) groups excluding carboxylic acids is 3. The summed E-state index contributed by atoms with van der Waals surface area (Å²) in [5.41, 5.74) is 8.68. The Kier molecular flexibility index (Phi) is 6.55. The Labute approximate surface area is 214 Å². The van der Waals surface area contributed by atoms with Gasteiger partial charge in [0.05, 0.1) is 11.9 Å². The molecule has 3 saturated carbocycles. The zero-order valence-electron chi connectivity index (χ0n) is 20.8. The van der Waals surface area contributed by atoms with Gasteiger partial charge in [-0.3, -0.25) is 14.4 Å². The van der Waals surface area contributed by atoms with Crippen LogP contribution in [0.4, 0.5) is 5.69 Å². The molecule has 0 radical (unpaired) electrons. The summed E-state index contributed by atoms with van der Waals surface area (Å²) in [4.78, 5) is 41.3. The minimum atomic E-state index is -0.422. The molecule has 0 saturated heterocycles. The molecule has 2 aromatic heterocycles. The zero-order valence-corrected chi connectivity index (χ0v) is 20.8. The van der Waals surface area contributed by atoms with Gasteiger partial charge in [0.1, 0.15) is 11.4 Å². The number of hydrogen-bond acceptors (Lipinski definition) is 8. The number of fused-ring (bicyclic) bond motifs is 4. The van der Waals surface area contributed by atoms with Crippen LogP contribution in [0.15, 0.2) is 36.5 Å². The number of anilines is 1. The number of benzene rings is 1. The van der Waals surface area contributed by atoms with Gasteiger partial charge in [0.15, 0.2) is 11.4 Å². The van der Waals surface area contributed by atoms with Gasteiger partial charge in [0.2, 0.25) is 0 Å². The molecular weight excluding hydrogens is 474 g/mol. The SMILES string of the molecule is CNc1cc(CNC(=O)c2cc(C(=O)NCC34CCC(N)(CC3)CC4)n3nccc3n2)ccc1OC=O. The summed E-state index contributed by atoms with van der Waals surface area (Å²) in [5.74, 6) is -0.326. The smallest absolute Gasteiger partial charge is 0.298 e. The summed E-state index contributed by atoms with van der Waals surface area (Å²) in [6.45, 7) is 1.15. The highest BCUT2D eigenvalue weighted by molar-refractivity contribution is 5.98. The van der Waals surface area contributed by atoms with E-state index in [9.17, 15) is 14.4 Å². The average Bonchev–Trinajstić information content (AvgIpc) is 3.40. The third-order valence-corrected chi connectivity index (χ3v) is 7.85. The second-order valence-corrected chi connectivity index (χ2v) is 10.2. The van der Waals surface area contributed by atoms with Gasteiger partial charge in [0.25, 0.3) is 18.3 Å². The van der Waals surface area contributed by atoms with Gasteiger partial charge in [-0.05, 0) is 61.6 Å². The van der Waals surface area contributed by atoms with Crippen molar-refractivity contribution in [3.63, 3.8) is 0 Å². The minimum absolute atomic E-state index is 0.0275. The topological polar surface area (TPSA) is 153 Å². The molecule has 0 atom stereocenters. The standard InChI is InChI=1S/C26H31N7O4/c1-28-18-12-17(2-3-21(18)37-16-34)14-29-23(35)19-13-20(33-22(32-19)4-11-31-33)24(36)30-15-25-5-8-26(27,9-6-25)10-7-25/h2-4,11-13,16,28H,5-10,14-15,27H2,1H3,(H,29,35)(H,30,36). The van der Waals surface area contributed by atoms with Crippen LogP contribution >= 0.6 is 0 Å². The van der Waals surface area contributed by atoms with Crippen molar-refractivity contribution in [3.8, 4) is 5.75 Å². The van der Waals surface area contributed by atoms with Gasteiger partial charge in [-0.25, -0.2) is 9.50 Å². The van der Waals surface area contributed by atoms with Crippen molar-refractivity contribution in [2.45, 2.75) is 50.6 Å². The fourth-order valence-electron chi connectivity index (χ4n) is 5.42. The van der Waals surface area contributed by atoms with Gasteiger partial charge in [-0.2, -0.15) is 5.10 Å². The molecule has 3 fully saturated rings. The normalized spacial score (nSPS) is 22.4. The van der Waals surface area contributed by atoms with E-state index in [1.165, 1.54) is 10.6 Å². The maximum absolute atomic E-state index is 13.2. The summed E-state index contributed by atoms with van der Waals surface area (Å²) in [7, 11) is 1.71. The number of amides is 2. The Balaban J connectivity index is 1.29. The van der Waals surface area contributed by atoms with Gasteiger partial charge >= 0.3 is 0 Å².